The van der Waals surface area contributed by atoms with Crippen LogP contribution in [0.2, 0.25) is 0 Å². The van der Waals surface area contributed by atoms with Crippen molar-refractivity contribution in [1.82, 2.24) is 0 Å². The van der Waals surface area contributed by atoms with Crippen LogP contribution < -0.4 is 0 Å². The van der Waals surface area contributed by atoms with Crippen LogP contribution in [0, 0.1) is 0 Å². The molecule has 0 aliphatic heterocycles. The van der Waals surface area contributed by atoms with Crippen LogP contribution in [0.3, 0.4) is 0 Å². The van der Waals surface area contributed by atoms with E-state index < -0.39 is 0 Å². The standard InChI is InChI=1S/C11H16OSi/c1-4-9-5-7-10(8-6-9)11(2,3)12-13/h4-8H,1H2,2-3,13H3. The quantitative estimate of drug-likeness (QED) is 0.664. The molecule has 70 valence electrons. The number of hydrogen-bond donors (Lipinski definition) is 0. The highest BCUT2D eigenvalue weighted by molar-refractivity contribution is 5.98. The Morgan fingerprint density at radius 1 is 1.31 bits per heavy atom. The van der Waals surface area contributed by atoms with E-state index in [-0.39, 0.29) is 5.60 Å². The topological polar surface area (TPSA) is 9.23 Å². The van der Waals surface area contributed by atoms with Gasteiger partial charge in [-0.05, 0) is 25.0 Å². The Hall–Kier alpha value is -0.863. The van der Waals surface area contributed by atoms with Crippen molar-refractivity contribution in [2.75, 3.05) is 0 Å². The van der Waals surface area contributed by atoms with E-state index >= 15 is 0 Å². The van der Waals surface area contributed by atoms with Crippen LogP contribution >= 0.6 is 0 Å². The molecule has 0 bridgehead atoms. The lowest BCUT2D eigenvalue weighted by atomic mass is 9.97. The maximum absolute atomic E-state index is 5.51. The second kappa shape index (κ2) is 3.90. The maximum atomic E-state index is 5.51. The molecule has 0 aliphatic rings. The molecule has 13 heavy (non-hydrogen) atoms. The van der Waals surface area contributed by atoms with Gasteiger partial charge in [-0.2, -0.15) is 0 Å². The van der Waals surface area contributed by atoms with Gasteiger partial charge in [0, 0.05) is 0 Å². The van der Waals surface area contributed by atoms with Gasteiger partial charge in [0.25, 0.3) is 0 Å². The highest BCUT2D eigenvalue weighted by Gasteiger charge is 2.17. The first-order valence-electron chi connectivity index (χ1n) is 4.38. The summed E-state index contributed by atoms with van der Waals surface area (Å²) in [6.07, 6.45) is 1.85. The van der Waals surface area contributed by atoms with Crippen LogP contribution in [0.25, 0.3) is 6.08 Å². The molecule has 0 aliphatic carbocycles. The van der Waals surface area contributed by atoms with Gasteiger partial charge in [0.15, 0.2) is 0 Å². The van der Waals surface area contributed by atoms with Crippen molar-refractivity contribution < 1.29 is 4.43 Å². The fourth-order valence-corrected chi connectivity index (χ4v) is 1.37. The molecule has 1 aromatic rings. The molecule has 1 rings (SSSR count). The summed E-state index contributed by atoms with van der Waals surface area (Å²) in [6, 6.07) is 8.30. The van der Waals surface area contributed by atoms with Crippen LogP contribution in [0.4, 0.5) is 0 Å². The summed E-state index contributed by atoms with van der Waals surface area (Å²) in [5.41, 5.74) is 2.22. The van der Waals surface area contributed by atoms with Gasteiger partial charge in [-0.15, -0.1) is 0 Å². The third-order valence-corrected chi connectivity index (χ3v) is 3.37. The molecule has 0 amide bonds. The molecule has 1 aromatic carbocycles. The van der Waals surface area contributed by atoms with Crippen LogP contribution in [0.15, 0.2) is 30.8 Å². The molecule has 0 radical (unpaired) electrons. The van der Waals surface area contributed by atoms with Crippen molar-refractivity contribution in [3.63, 3.8) is 0 Å². The number of rotatable bonds is 3. The normalized spacial score (nSPS) is 11.5. The lowest BCUT2D eigenvalue weighted by molar-refractivity contribution is 0.123. The van der Waals surface area contributed by atoms with E-state index in [1.54, 1.807) is 0 Å². The highest BCUT2D eigenvalue weighted by Crippen LogP contribution is 2.23. The van der Waals surface area contributed by atoms with Gasteiger partial charge in [-0.1, -0.05) is 36.9 Å². The van der Waals surface area contributed by atoms with Crippen molar-refractivity contribution in [2.45, 2.75) is 19.4 Å². The van der Waals surface area contributed by atoms with Crippen molar-refractivity contribution in [1.29, 1.82) is 0 Å². The van der Waals surface area contributed by atoms with Gasteiger partial charge in [-0.25, -0.2) is 0 Å². The molecule has 0 spiro atoms. The molecule has 0 aromatic heterocycles. The third kappa shape index (κ3) is 2.29. The van der Waals surface area contributed by atoms with Crippen LogP contribution in [-0.2, 0) is 10.0 Å². The predicted octanol–water partition coefficient (Wildman–Crippen LogP) is 1.86. The summed E-state index contributed by atoms with van der Waals surface area (Å²) in [6.45, 7) is 7.89. The molecular formula is C11H16OSi. The SMILES string of the molecule is C=Cc1ccc(C(C)(C)O[SiH3])cc1. The Kier molecular flexibility index (Phi) is 3.06. The zero-order valence-corrected chi connectivity index (χ0v) is 10.5. The summed E-state index contributed by atoms with van der Waals surface area (Å²) in [4.78, 5) is 0. The van der Waals surface area contributed by atoms with Gasteiger partial charge in [0.2, 0.25) is 0 Å². The summed E-state index contributed by atoms with van der Waals surface area (Å²) in [5.74, 6) is 0. The molecule has 0 saturated heterocycles. The monoisotopic (exact) mass is 192 g/mol. The molecule has 0 heterocycles. The van der Waals surface area contributed by atoms with Crippen LogP contribution in [-0.4, -0.2) is 10.5 Å². The fraction of sp³-hybridized carbons (Fsp3) is 0.273. The Morgan fingerprint density at radius 3 is 2.23 bits per heavy atom. The maximum Gasteiger partial charge on any atom is 0.147 e. The van der Waals surface area contributed by atoms with Gasteiger partial charge in [-0.3, -0.25) is 0 Å². The van der Waals surface area contributed by atoms with Crippen molar-refractivity contribution in [3.8, 4) is 0 Å². The highest BCUT2D eigenvalue weighted by atomic mass is 28.2. The van der Waals surface area contributed by atoms with E-state index in [0.717, 1.165) is 16.0 Å². The second-order valence-corrected chi connectivity index (χ2v) is 3.95. The Morgan fingerprint density at radius 2 is 1.85 bits per heavy atom. The zero-order valence-electron chi connectivity index (χ0n) is 8.50. The van der Waals surface area contributed by atoms with Crippen LogP contribution in [0.1, 0.15) is 25.0 Å². The minimum atomic E-state index is -0.147. The molecule has 1 nitrogen and oxygen atoms in total. The Labute approximate surface area is 83.0 Å². The molecule has 0 unspecified atom stereocenters. The van der Waals surface area contributed by atoms with E-state index in [9.17, 15) is 0 Å². The van der Waals surface area contributed by atoms with E-state index in [4.69, 9.17) is 4.43 Å². The van der Waals surface area contributed by atoms with E-state index in [2.05, 4.69) is 44.7 Å². The second-order valence-electron chi connectivity index (χ2n) is 3.54. The van der Waals surface area contributed by atoms with E-state index in [1.165, 1.54) is 5.56 Å². The summed E-state index contributed by atoms with van der Waals surface area (Å²) in [7, 11) is 0.761. The Balaban J connectivity index is 2.98. The number of benzene rings is 1. The third-order valence-electron chi connectivity index (χ3n) is 2.35. The van der Waals surface area contributed by atoms with Crippen LogP contribution in [0.5, 0.6) is 0 Å². The first kappa shape index (κ1) is 10.2. The average Bonchev–Trinajstić information content (AvgIpc) is 2.18. The fourth-order valence-electron chi connectivity index (χ4n) is 1.14. The predicted molar refractivity (Wildman–Crippen MR) is 60.6 cm³/mol. The zero-order chi connectivity index (χ0) is 9.90. The minimum Gasteiger partial charge on any atom is -0.419 e. The smallest absolute Gasteiger partial charge is 0.147 e. The average molecular weight is 192 g/mol. The van der Waals surface area contributed by atoms with Gasteiger partial charge >= 0.3 is 0 Å². The van der Waals surface area contributed by atoms with Gasteiger partial charge in [0.1, 0.15) is 10.5 Å². The molecular weight excluding hydrogens is 176 g/mol. The summed E-state index contributed by atoms with van der Waals surface area (Å²) < 4.78 is 5.51. The van der Waals surface area contributed by atoms with E-state index in [1.807, 2.05) is 6.08 Å². The van der Waals surface area contributed by atoms with Crippen molar-refractivity contribution >= 4 is 16.6 Å². The largest absolute Gasteiger partial charge is 0.419 e. The molecule has 0 N–H and O–H groups in total. The van der Waals surface area contributed by atoms with E-state index in [0.29, 0.717) is 0 Å². The lowest BCUT2D eigenvalue weighted by Gasteiger charge is -2.24. The first-order valence-corrected chi connectivity index (χ1v) is 5.20. The lowest BCUT2D eigenvalue weighted by Crippen LogP contribution is -2.19. The molecule has 0 fully saturated rings. The van der Waals surface area contributed by atoms with Crippen molar-refractivity contribution in [3.05, 3.63) is 42.0 Å². The summed E-state index contributed by atoms with van der Waals surface area (Å²) >= 11 is 0. The Bertz CT molecular complexity index is 287. The van der Waals surface area contributed by atoms with Crippen molar-refractivity contribution in [2.24, 2.45) is 0 Å². The summed E-state index contributed by atoms with van der Waals surface area (Å²) in [5, 5.41) is 0. The van der Waals surface area contributed by atoms with Gasteiger partial charge in [0.05, 0.1) is 5.60 Å². The number of hydrogen-bond acceptors (Lipinski definition) is 1. The molecule has 0 atom stereocenters. The van der Waals surface area contributed by atoms with Gasteiger partial charge < -0.3 is 4.43 Å². The first-order chi connectivity index (χ1) is 6.10. The molecule has 2 heteroatoms. The minimum absolute atomic E-state index is 0.147. The molecule has 0 saturated carbocycles.